The lowest BCUT2D eigenvalue weighted by Crippen LogP contribution is -2.21. The first-order valence-electron chi connectivity index (χ1n) is 5.72. The van der Waals surface area contributed by atoms with Crippen LogP contribution in [0.2, 0.25) is 0 Å². The normalized spacial score (nSPS) is 11.1. The second-order valence-corrected chi connectivity index (χ2v) is 5.28. The van der Waals surface area contributed by atoms with E-state index in [0.717, 1.165) is 17.0 Å². The largest absolute Gasteiger partial charge is 0.310 e. The number of rotatable bonds is 4. The molecule has 1 nitrogen and oxygen atoms in total. The van der Waals surface area contributed by atoms with Gasteiger partial charge in [-0.25, -0.2) is 4.39 Å². The third kappa shape index (κ3) is 3.38. The van der Waals surface area contributed by atoms with Gasteiger partial charge < -0.3 is 5.32 Å². The Hall–Kier alpha value is -1.19. The number of nitrogens with one attached hydrogen (secondary N) is 1. The standard InChI is InChI=1S/C14H16FNS/c1-10(2)16-8-11-6-14(17-9-11)12-4-3-5-13(15)7-12/h3-7,9-10,16H,8H2,1-2H3. The second kappa shape index (κ2) is 5.43. The van der Waals surface area contributed by atoms with Crippen molar-refractivity contribution in [3.8, 4) is 10.4 Å². The van der Waals surface area contributed by atoms with Crippen molar-refractivity contribution in [3.05, 3.63) is 47.1 Å². The van der Waals surface area contributed by atoms with Crippen LogP contribution in [0.1, 0.15) is 19.4 Å². The van der Waals surface area contributed by atoms with E-state index >= 15 is 0 Å². The molecule has 0 aliphatic carbocycles. The van der Waals surface area contributed by atoms with Crippen LogP contribution in [0.15, 0.2) is 35.7 Å². The molecule has 1 N–H and O–H groups in total. The van der Waals surface area contributed by atoms with Crippen molar-refractivity contribution in [2.75, 3.05) is 0 Å². The minimum atomic E-state index is -0.183. The molecule has 0 unspecified atom stereocenters. The summed E-state index contributed by atoms with van der Waals surface area (Å²) in [6.07, 6.45) is 0. The quantitative estimate of drug-likeness (QED) is 0.862. The first-order valence-corrected chi connectivity index (χ1v) is 6.60. The summed E-state index contributed by atoms with van der Waals surface area (Å²) in [5.41, 5.74) is 2.20. The highest BCUT2D eigenvalue weighted by Crippen LogP contribution is 2.27. The summed E-state index contributed by atoms with van der Waals surface area (Å²) in [6.45, 7) is 5.11. The van der Waals surface area contributed by atoms with Crippen molar-refractivity contribution in [2.24, 2.45) is 0 Å². The van der Waals surface area contributed by atoms with Crippen molar-refractivity contribution in [1.82, 2.24) is 5.32 Å². The average Bonchev–Trinajstić information content (AvgIpc) is 2.75. The smallest absolute Gasteiger partial charge is 0.123 e. The molecule has 0 spiro atoms. The predicted molar refractivity (Wildman–Crippen MR) is 71.7 cm³/mol. The van der Waals surface area contributed by atoms with Gasteiger partial charge in [-0.05, 0) is 34.7 Å². The lowest BCUT2D eigenvalue weighted by atomic mass is 10.1. The van der Waals surface area contributed by atoms with Gasteiger partial charge in [-0.3, -0.25) is 0 Å². The molecule has 90 valence electrons. The zero-order valence-electron chi connectivity index (χ0n) is 10.0. The lowest BCUT2D eigenvalue weighted by molar-refractivity contribution is 0.590. The van der Waals surface area contributed by atoms with Gasteiger partial charge in [0.1, 0.15) is 5.82 Å². The van der Waals surface area contributed by atoms with Gasteiger partial charge in [0, 0.05) is 17.5 Å². The fourth-order valence-corrected chi connectivity index (χ4v) is 2.50. The Labute approximate surface area is 105 Å². The number of halogens is 1. The summed E-state index contributed by atoms with van der Waals surface area (Å²) < 4.78 is 13.1. The summed E-state index contributed by atoms with van der Waals surface area (Å²) >= 11 is 1.66. The molecule has 1 aromatic heterocycles. The molecule has 0 saturated carbocycles. The van der Waals surface area contributed by atoms with Gasteiger partial charge in [-0.2, -0.15) is 0 Å². The Kier molecular flexibility index (Phi) is 3.92. The Morgan fingerprint density at radius 3 is 2.82 bits per heavy atom. The number of hydrogen-bond acceptors (Lipinski definition) is 2. The van der Waals surface area contributed by atoms with Gasteiger partial charge in [0.25, 0.3) is 0 Å². The van der Waals surface area contributed by atoms with Crippen LogP contribution in [-0.4, -0.2) is 6.04 Å². The van der Waals surface area contributed by atoms with Gasteiger partial charge in [0.2, 0.25) is 0 Å². The van der Waals surface area contributed by atoms with Gasteiger partial charge in [0.05, 0.1) is 0 Å². The molecule has 0 radical (unpaired) electrons. The Balaban J connectivity index is 2.12. The molecule has 0 fully saturated rings. The van der Waals surface area contributed by atoms with E-state index in [4.69, 9.17) is 0 Å². The maximum Gasteiger partial charge on any atom is 0.123 e. The summed E-state index contributed by atoms with van der Waals surface area (Å²) in [7, 11) is 0. The minimum absolute atomic E-state index is 0.183. The van der Waals surface area contributed by atoms with E-state index in [0.29, 0.717) is 6.04 Å². The zero-order valence-corrected chi connectivity index (χ0v) is 10.9. The topological polar surface area (TPSA) is 12.0 Å². The molecule has 3 heteroatoms. The number of hydrogen-bond donors (Lipinski definition) is 1. The zero-order chi connectivity index (χ0) is 12.3. The Morgan fingerprint density at radius 2 is 2.12 bits per heavy atom. The average molecular weight is 249 g/mol. The molecular formula is C14H16FNS. The first-order chi connectivity index (χ1) is 8.15. The Bertz CT molecular complexity index is 490. The van der Waals surface area contributed by atoms with E-state index in [1.165, 1.54) is 11.6 Å². The highest BCUT2D eigenvalue weighted by Gasteiger charge is 2.04. The van der Waals surface area contributed by atoms with Crippen LogP contribution in [-0.2, 0) is 6.54 Å². The van der Waals surface area contributed by atoms with Crippen LogP contribution in [0.25, 0.3) is 10.4 Å². The van der Waals surface area contributed by atoms with Crippen molar-refractivity contribution >= 4 is 11.3 Å². The van der Waals surface area contributed by atoms with E-state index in [2.05, 4.69) is 30.6 Å². The highest BCUT2D eigenvalue weighted by molar-refractivity contribution is 7.13. The second-order valence-electron chi connectivity index (χ2n) is 4.37. The molecule has 2 rings (SSSR count). The molecule has 0 amide bonds. The molecule has 0 bridgehead atoms. The monoisotopic (exact) mass is 249 g/mol. The molecule has 2 aromatic rings. The summed E-state index contributed by atoms with van der Waals surface area (Å²) in [4.78, 5) is 1.12. The summed E-state index contributed by atoms with van der Waals surface area (Å²) in [6, 6.07) is 9.33. The molecule has 0 saturated heterocycles. The molecule has 0 aliphatic rings. The molecule has 0 aliphatic heterocycles. The van der Waals surface area contributed by atoms with Crippen molar-refractivity contribution in [2.45, 2.75) is 26.4 Å². The molecular weight excluding hydrogens is 233 g/mol. The van der Waals surface area contributed by atoms with Crippen molar-refractivity contribution < 1.29 is 4.39 Å². The van der Waals surface area contributed by atoms with Crippen molar-refractivity contribution in [3.63, 3.8) is 0 Å². The number of benzene rings is 1. The van der Waals surface area contributed by atoms with Crippen LogP contribution >= 0.6 is 11.3 Å². The predicted octanol–water partition coefficient (Wildman–Crippen LogP) is 4.05. The van der Waals surface area contributed by atoms with Crippen LogP contribution in [0.3, 0.4) is 0 Å². The van der Waals surface area contributed by atoms with Crippen LogP contribution in [0.4, 0.5) is 4.39 Å². The van der Waals surface area contributed by atoms with Gasteiger partial charge in [0.15, 0.2) is 0 Å². The molecule has 0 atom stereocenters. The van der Waals surface area contributed by atoms with E-state index in [9.17, 15) is 4.39 Å². The van der Waals surface area contributed by atoms with E-state index in [1.54, 1.807) is 23.5 Å². The van der Waals surface area contributed by atoms with E-state index in [1.807, 2.05) is 6.07 Å². The third-order valence-corrected chi connectivity index (χ3v) is 3.51. The van der Waals surface area contributed by atoms with E-state index < -0.39 is 0 Å². The summed E-state index contributed by atoms with van der Waals surface area (Å²) in [5, 5.41) is 5.49. The van der Waals surface area contributed by atoms with Crippen LogP contribution in [0, 0.1) is 5.82 Å². The van der Waals surface area contributed by atoms with Crippen LogP contribution < -0.4 is 5.32 Å². The third-order valence-electron chi connectivity index (χ3n) is 2.48. The van der Waals surface area contributed by atoms with Gasteiger partial charge in [-0.1, -0.05) is 26.0 Å². The lowest BCUT2D eigenvalue weighted by Gasteiger charge is -2.05. The highest BCUT2D eigenvalue weighted by atomic mass is 32.1. The maximum absolute atomic E-state index is 13.1. The Morgan fingerprint density at radius 1 is 1.29 bits per heavy atom. The maximum atomic E-state index is 13.1. The van der Waals surface area contributed by atoms with E-state index in [-0.39, 0.29) is 5.82 Å². The first kappa shape index (κ1) is 12.3. The van der Waals surface area contributed by atoms with Crippen molar-refractivity contribution in [1.29, 1.82) is 0 Å². The van der Waals surface area contributed by atoms with Crippen LogP contribution in [0.5, 0.6) is 0 Å². The molecule has 1 aromatic carbocycles. The fraction of sp³-hybridized carbons (Fsp3) is 0.286. The molecule has 1 heterocycles. The SMILES string of the molecule is CC(C)NCc1csc(-c2cccc(F)c2)c1. The number of thiophene rings is 1. The minimum Gasteiger partial charge on any atom is -0.310 e. The summed E-state index contributed by atoms with van der Waals surface area (Å²) in [5.74, 6) is -0.183. The van der Waals surface area contributed by atoms with Gasteiger partial charge >= 0.3 is 0 Å². The van der Waals surface area contributed by atoms with Gasteiger partial charge in [-0.15, -0.1) is 11.3 Å². The fourth-order valence-electron chi connectivity index (χ4n) is 1.58. The molecule has 17 heavy (non-hydrogen) atoms.